The van der Waals surface area contributed by atoms with Crippen LogP contribution in [0.5, 0.6) is 0 Å². The molecule has 0 spiro atoms. The molecule has 2 rings (SSSR count). The van der Waals surface area contributed by atoms with E-state index in [-0.39, 0.29) is 0 Å². The Morgan fingerprint density at radius 3 is 2.53 bits per heavy atom. The summed E-state index contributed by atoms with van der Waals surface area (Å²) in [4.78, 5) is 4.33. The van der Waals surface area contributed by atoms with Crippen LogP contribution in [0.15, 0.2) is 31.7 Å². The van der Waals surface area contributed by atoms with E-state index in [1.165, 1.54) is 0 Å². The van der Waals surface area contributed by atoms with Crippen molar-refractivity contribution in [2.45, 2.75) is 12.8 Å². The van der Waals surface area contributed by atoms with Crippen molar-refractivity contribution in [2.75, 3.05) is 6.54 Å². The molecule has 2 N–H and O–H groups in total. The molecule has 6 heteroatoms. The molecule has 0 amide bonds. The van der Waals surface area contributed by atoms with Gasteiger partial charge in [0.15, 0.2) is 5.82 Å². The molecule has 0 aliphatic heterocycles. The maximum atomic E-state index is 5.44. The lowest BCUT2D eigenvalue weighted by Crippen LogP contribution is -2.01. The van der Waals surface area contributed by atoms with Crippen LogP contribution in [0, 0.1) is 0 Å². The predicted molar refractivity (Wildman–Crippen MR) is 72.5 cm³/mol. The van der Waals surface area contributed by atoms with Crippen LogP contribution >= 0.6 is 31.9 Å². The number of nitrogens with two attached hydrogens (primary N) is 1. The standard InChI is InChI=1S/C11H11Br2N3O/c12-8-4-7(5-9(13)6-8)11-15-10(16-17-11)2-1-3-14/h4-6H,1-3,14H2. The van der Waals surface area contributed by atoms with E-state index in [1.54, 1.807) is 0 Å². The lowest BCUT2D eigenvalue weighted by atomic mass is 10.2. The van der Waals surface area contributed by atoms with Gasteiger partial charge in [0.05, 0.1) is 0 Å². The van der Waals surface area contributed by atoms with Crippen LogP contribution < -0.4 is 5.73 Å². The minimum atomic E-state index is 0.527. The van der Waals surface area contributed by atoms with Crippen molar-refractivity contribution < 1.29 is 4.52 Å². The Morgan fingerprint density at radius 2 is 1.88 bits per heavy atom. The SMILES string of the molecule is NCCCc1noc(-c2cc(Br)cc(Br)c2)n1. The first-order valence-corrected chi connectivity index (χ1v) is 6.77. The Labute approximate surface area is 116 Å². The maximum Gasteiger partial charge on any atom is 0.257 e. The van der Waals surface area contributed by atoms with Crippen molar-refractivity contribution in [3.05, 3.63) is 33.0 Å². The molecule has 0 atom stereocenters. The van der Waals surface area contributed by atoms with Crippen LogP contribution in [-0.4, -0.2) is 16.7 Å². The fourth-order valence-corrected chi connectivity index (χ4v) is 2.70. The molecule has 0 aliphatic carbocycles. The molecule has 0 bridgehead atoms. The molecule has 90 valence electrons. The molecule has 0 fully saturated rings. The molecule has 0 unspecified atom stereocenters. The van der Waals surface area contributed by atoms with E-state index in [2.05, 4.69) is 42.0 Å². The van der Waals surface area contributed by atoms with Crippen LogP contribution in [0.2, 0.25) is 0 Å². The number of hydrogen-bond acceptors (Lipinski definition) is 4. The fourth-order valence-electron chi connectivity index (χ4n) is 1.41. The van der Waals surface area contributed by atoms with E-state index in [0.29, 0.717) is 18.3 Å². The third-order valence-electron chi connectivity index (χ3n) is 2.18. The fraction of sp³-hybridized carbons (Fsp3) is 0.273. The first-order chi connectivity index (χ1) is 8.19. The highest BCUT2D eigenvalue weighted by Gasteiger charge is 2.09. The normalized spacial score (nSPS) is 10.8. The molecule has 0 aliphatic rings. The lowest BCUT2D eigenvalue weighted by molar-refractivity contribution is 0.422. The van der Waals surface area contributed by atoms with Gasteiger partial charge in [-0.25, -0.2) is 0 Å². The highest BCUT2D eigenvalue weighted by molar-refractivity contribution is 9.11. The Hall–Kier alpha value is -0.720. The highest BCUT2D eigenvalue weighted by atomic mass is 79.9. The summed E-state index contributed by atoms with van der Waals surface area (Å²) in [5.41, 5.74) is 6.32. The number of benzene rings is 1. The second-order valence-electron chi connectivity index (χ2n) is 3.57. The number of aryl methyl sites for hydroxylation is 1. The van der Waals surface area contributed by atoms with Crippen molar-refractivity contribution in [1.82, 2.24) is 10.1 Å². The van der Waals surface area contributed by atoms with E-state index < -0.39 is 0 Å². The lowest BCUT2D eigenvalue weighted by Gasteiger charge is -1.97. The Kier molecular flexibility index (Phi) is 4.31. The molecule has 0 saturated carbocycles. The van der Waals surface area contributed by atoms with Crippen molar-refractivity contribution in [1.29, 1.82) is 0 Å². The predicted octanol–water partition coefficient (Wildman–Crippen LogP) is 3.15. The third-order valence-corrected chi connectivity index (χ3v) is 3.10. The molecule has 4 nitrogen and oxygen atoms in total. The zero-order valence-corrected chi connectivity index (χ0v) is 12.2. The van der Waals surface area contributed by atoms with E-state index in [1.807, 2.05) is 18.2 Å². The smallest absolute Gasteiger partial charge is 0.257 e. The molecule has 1 aromatic heterocycles. The monoisotopic (exact) mass is 359 g/mol. The summed E-state index contributed by atoms with van der Waals surface area (Å²) in [6, 6.07) is 5.82. The molecule has 1 aromatic carbocycles. The Bertz CT molecular complexity index is 493. The minimum Gasteiger partial charge on any atom is -0.334 e. The molecule has 17 heavy (non-hydrogen) atoms. The van der Waals surface area contributed by atoms with Gasteiger partial charge in [0.1, 0.15) is 0 Å². The number of rotatable bonds is 4. The third kappa shape index (κ3) is 3.37. The van der Waals surface area contributed by atoms with E-state index in [9.17, 15) is 0 Å². The average molecular weight is 361 g/mol. The maximum absolute atomic E-state index is 5.44. The van der Waals surface area contributed by atoms with E-state index in [0.717, 1.165) is 27.4 Å². The first-order valence-electron chi connectivity index (χ1n) is 5.18. The summed E-state index contributed by atoms with van der Waals surface area (Å²) in [7, 11) is 0. The van der Waals surface area contributed by atoms with Gasteiger partial charge in [-0.2, -0.15) is 4.98 Å². The molecular formula is C11H11Br2N3O. The summed E-state index contributed by atoms with van der Waals surface area (Å²) in [5, 5.41) is 3.92. The van der Waals surface area contributed by atoms with Crippen LogP contribution in [-0.2, 0) is 6.42 Å². The summed E-state index contributed by atoms with van der Waals surface area (Å²) in [6.07, 6.45) is 1.61. The largest absolute Gasteiger partial charge is 0.334 e. The first kappa shape index (κ1) is 12.7. The quantitative estimate of drug-likeness (QED) is 0.909. The zero-order valence-electron chi connectivity index (χ0n) is 8.99. The highest BCUT2D eigenvalue weighted by Crippen LogP contribution is 2.26. The Morgan fingerprint density at radius 1 is 1.18 bits per heavy atom. The topological polar surface area (TPSA) is 64.9 Å². The minimum absolute atomic E-state index is 0.527. The van der Waals surface area contributed by atoms with Gasteiger partial charge in [0.2, 0.25) is 0 Å². The van der Waals surface area contributed by atoms with Gasteiger partial charge >= 0.3 is 0 Å². The Balaban J connectivity index is 2.24. The summed E-state index contributed by atoms with van der Waals surface area (Å²) in [5.74, 6) is 1.22. The number of aromatic nitrogens is 2. The van der Waals surface area contributed by atoms with Crippen LogP contribution in [0.1, 0.15) is 12.2 Å². The molecule has 0 saturated heterocycles. The summed E-state index contributed by atoms with van der Waals surface area (Å²) < 4.78 is 7.14. The van der Waals surface area contributed by atoms with Crippen molar-refractivity contribution in [3.63, 3.8) is 0 Å². The zero-order chi connectivity index (χ0) is 12.3. The second kappa shape index (κ2) is 5.75. The number of halogens is 2. The number of nitrogens with zero attached hydrogens (tertiary/aromatic N) is 2. The summed E-state index contributed by atoms with van der Waals surface area (Å²) >= 11 is 6.85. The van der Waals surface area contributed by atoms with Gasteiger partial charge in [-0.1, -0.05) is 37.0 Å². The van der Waals surface area contributed by atoms with Crippen LogP contribution in [0.25, 0.3) is 11.5 Å². The van der Waals surface area contributed by atoms with Gasteiger partial charge < -0.3 is 10.3 Å². The summed E-state index contributed by atoms with van der Waals surface area (Å²) in [6.45, 7) is 0.631. The van der Waals surface area contributed by atoms with Gasteiger partial charge in [0, 0.05) is 20.9 Å². The second-order valence-corrected chi connectivity index (χ2v) is 5.40. The molecular weight excluding hydrogens is 350 g/mol. The molecule has 2 aromatic rings. The van der Waals surface area contributed by atoms with Crippen molar-refractivity contribution in [3.8, 4) is 11.5 Å². The number of hydrogen-bond donors (Lipinski definition) is 1. The van der Waals surface area contributed by atoms with Gasteiger partial charge in [-0.3, -0.25) is 0 Å². The average Bonchev–Trinajstić information content (AvgIpc) is 2.73. The molecule has 0 radical (unpaired) electrons. The van der Waals surface area contributed by atoms with E-state index in [4.69, 9.17) is 10.3 Å². The van der Waals surface area contributed by atoms with Crippen LogP contribution in [0.3, 0.4) is 0 Å². The van der Waals surface area contributed by atoms with E-state index >= 15 is 0 Å². The van der Waals surface area contributed by atoms with Gasteiger partial charge in [-0.05, 0) is 31.2 Å². The molecule has 1 heterocycles. The van der Waals surface area contributed by atoms with Crippen molar-refractivity contribution >= 4 is 31.9 Å². The van der Waals surface area contributed by atoms with Crippen molar-refractivity contribution in [2.24, 2.45) is 5.73 Å². The van der Waals surface area contributed by atoms with Crippen LogP contribution in [0.4, 0.5) is 0 Å². The van der Waals surface area contributed by atoms with Gasteiger partial charge in [-0.15, -0.1) is 0 Å². The van der Waals surface area contributed by atoms with Gasteiger partial charge in [0.25, 0.3) is 5.89 Å².